The number of amides is 1. The summed E-state index contributed by atoms with van der Waals surface area (Å²) in [4.78, 5) is 18.5. The third-order valence-electron chi connectivity index (χ3n) is 3.53. The Morgan fingerprint density at radius 1 is 1.37 bits per heavy atom. The van der Waals surface area contributed by atoms with Crippen molar-refractivity contribution in [3.63, 3.8) is 0 Å². The van der Waals surface area contributed by atoms with E-state index in [2.05, 4.69) is 17.2 Å². The Bertz CT molecular complexity index is 396. The monoisotopic (exact) mass is 264 g/mol. The Hall–Kier alpha value is -1.36. The lowest BCUT2D eigenvalue weighted by atomic mass is 10.1. The van der Waals surface area contributed by atoms with Gasteiger partial charge in [0.2, 0.25) is 5.91 Å². The number of rotatable bonds is 6. The van der Waals surface area contributed by atoms with Crippen LogP contribution in [0.25, 0.3) is 0 Å². The minimum atomic E-state index is 0.217. The van der Waals surface area contributed by atoms with Crippen LogP contribution in [0, 0.1) is 0 Å². The fourth-order valence-corrected chi connectivity index (χ4v) is 2.42. The van der Waals surface area contributed by atoms with E-state index in [-0.39, 0.29) is 5.91 Å². The summed E-state index contributed by atoms with van der Waals surface area (Å²) in [5, 5.41) is 3.32. The standard InChI is InChI=1S/C14H24N4O/c1-2-6-15-11-13-16-7-10-18(13)12-14(19)17-8-4-3-5-9-17/h7,10,15H,2-6,8-9,11-12H2,1H3. The molecule has 1 aliphatic heterocycles. The maximum absolute atomic E-state index is 12.2. The quantitative estimate of drug-likeness (QED) is 0.790. The molecular weight excluding hydrogens is 240 g/mol. The summed E-state index contributed by atoms with van der Waals surface area (Å²) >= 11 is 0. The number of aromatic nitrogens is 2. The van der Waals surface area contributed by atoms with E-state index in [9.17, 15) is 4.79 Å². The molecule has 0 aromatic carbocycles. The molecule has 19 heavy (non-hydrogen) atoms. The number of nitrogens with one attached hydrogen (secondary N) is 1. The molecule has 0 saturated carbocycles. The van der Waals surface area contributed by atoms with E-state index >= 15 is 0 Å². The maximum atomic E-state index is 12.2. The van der Waals surface area contributed by atoms with Crippen LogP contribution in [0.15, 0.2) is 12.4 Å². The Labute approximate surface area is 115 Å². The normalized spacial score (nSPS) is 15.7. The Morgan fingerprint density at radius 2 is 2.16 bits per heavy atom. The summed E-state index contributed by atoms with van der Waals surface area (Å²) < 4.78 is 1.96. The van der Waals surface area contributed by atoms with Crippen molar-refractivity contribution in [2.24, 2.45) is 0 Å². The molecule has 5 heteroatoms. The molecule has 0 aliphatic carbocycles. The highest BCUT2D eigenvalue weighted by Crippen LogP contribution is 2.10. The zero-order valence-corrected chi connectivity index (χ0v) is 11.8. The van der Waals surface area contributed by atoms with Crippen LogP contribution in [-0.4, -0.2) is 40.0 Å². The summed E-state index contributed by atoms with van der Waals surface area (Å²) in [6, 6.07) is 0. The van der Waals surface area contributed by atoms with Gasteiger partial charge in [-0.05, 0) is 32.2 Å². The number of likely N-dealkylation sites (tertiary alicyclic amines) is 1. The average Bonchev–Trinajstić information content (AvgIpc) is 2.87. The molecule has 1 aromatic rings. The highest BCUT2D eigenvalue weighted by molar-refractivity contribution is 5.76. The van der Waals surface area contributed by atoms with Crippen molar-refractivity contribution < 1.29 is 4.79 Å². The van der Waals surface area contributed by atoms with E-state index in [0.29, 0.717) is 6.54 Å². The smallest absolute Gasteiger partial charge is 0.242 e. The van der Waals surface area contributed by atoms with E-state index < -0.39 is 0 Å². The molecule has 1 fully saturated rings. The van der Waals surface area contributed by atoms with Crippen molar-refractivity contribution in [3.05, 3.63) is 18.2 Å². The third-order valence-corrected chi connectivity index (χ3v) is 3.53. The van der Waals surface area contributed by atoms with Gasteiger partial charge >= 0.3 is 0 Å². The highest BCUT2D eigenvalue weighted by atomic mass is 16.2. The number of carbonyl (C=O) groups is 1. The molecule has 5 nitrogen and oxygen atoms in total. The first kappa shape index (κ1) is 14.1. The molecule has 1 N–H and O–H groups in total. The van der Waals surface area contributed by atoms with Crippen LogP contribution in [0.3, 0.4) is 0 Å². The molecule has 0 bridgehead atoms. The molecule has 0 radical (unpaired) electrons. The van der Waals surface area contributed by atoms with Gasteiger partial charge in [-0.2, -0.15) is 0 Å². The van der Waals surface area contributed by atoms with Gasteiger partial charge in [-0.15, -0.1) is 0 Å². The van der Waals surface area contributed by atoms with E-state index in [1.165, 1.54) is 6.42 Å². The topological polar surface area (TPSA) is 50.2 Å². The second kappa shape index (κ2) is 7.28. The number of hydrogen-bond donors (Lipinski definition) is 1. The van der Waals surface area contributed by atoms with Gasteiger partial charge < -0.3 is 14.8 Å². The Kier molecular flexibility index (Phi) is 5.39. The zero-order chi connectivity index (χ0) is 13.5. The van der Waals surface area contributed by atoms with Crippen molar-refractivity contribution in [1.29, 1.82) is 0 Å². The Morgan fingerprint density at radius 3 is 2.89 bits per heavy atom. The number of imidazole rings is 1. The van der Waals surface area contributed by atoms with E-state index in [4.69, 9.17) is 0 Å². The summed E-state index contributed by atoms with van der Waals surface area (Å²) in [5.41, 5.74) is 0. The number of hydrogen-bond acceptors (Lipinski definition) is 3. The van der Waals surface area contributed by atoms with Crippen LogP contribution < -0.4 is 5.32 Å². The van der Waals surface area contributed by atoms with Crippen molar-refractivity contribution in [2.75, 3.05) is 19.6 Å². The van der Waals surface area contributed by atoms with Crippen molar-refractivity contribution in [2.45, 2.75) is 45.7 Å². The van der Waals surface area contributed by atoms with Crippen molar-refractivity contribution in [1.82, 2.24) is 19.8 Å². The van der Waals surface area contributed by atoms with Gasteiger partial charge in [0, 0.05) is 25.5 Å². The second-order valence-electron chi connectivity index (χ2n) is 5.09. The first-order chi connectivity index (χ1) is 9.31. The fraction of sp³-hybridized carbons (Fsp3) is 0.714. The molecule has 0 unspecified atom stereocenters. The molecule has 1 saturated heterocycles. The molecule has 1 aliphatic rings. The summed E-state index contributed by atoms with van der Waals surface area (Å²) in [6.45, 7) is 6.09. The molecular formula is C14H24N4O. The maximum Gasteiger partial charge on any atom is 0.242 e. The van der Waals surface area contributed by atoms with Gasteiger partial charge in [0.15, 0.2) is 0 Å². The zero-order valence-electron chi connectivity index (χ0n) is 11.8. The van der Waals surface area contributed by atoms with Crippen molar-refractivity contribution >= 4 is 5.91 Å². The third kappa shape index (κ3) is 4.06. The van der Waals surface area contributed by atoms with E-state index in [1.807, 2.05) is 15.7 Å². The first-order valence-electron chi connectivity index (χ1n) is 7.29. The highest BCUT2D eigenvalue weighted by Gasteiger charge is 2.17. The first-order valence-corrected chi connectivity index (χ1v) is 7.29. The predicted molar refractivity (Wildman–Crippen MR) is 74.7 cm³/mol. The molecule has 0 atom stereocenters. The largest absolute Gasteiger partial charge is 0.341 e. The number of carbonyl (C=O) groups excluding carboxylic acids is 1. The predicted octanol–water partition coefficient (Wildman–Crippen LogP) is 1.40. The lowest BCUT2D eigenvalue weighted by Crippen LogP contribution is -2.38. The summed E-state index contributed by atoms with van der Waals surface area (Å²) in [7, 11) is 0. The Balaban J connectivity index is 1.87. The van der Waals surface area contributed by atoms with E-state index in [0.717, 1.165) is 51.3 Å². The van der Waals surface area contributed by atoms with Crippen LogP contribution in [0.4, 0.5) is 0 Å². The van der Waals surface area contributed by atoms with Gasteiger partial charge in [-0.1, -0.05) is 6.92 Å². The van der Waals surface area contributed by atoms with Crippen LogP contribution in [0.1, 0.15) is 38.4 Å². The average molecular weight is 264 g/mol. The van der Waals surface area contributed by atoms with Gasteiger partial charge in [0.25, 0.3) is 0 Å². The van der Waals surface area contributed by atoms with Crippen molar-refractivity contribution in [3.8, 4) is 0 Å². The van der Waals surface area contributed by atoms with E-state index in [1.54, 1.807) is 6.20 Å². The summed E-state index contributed by atoms with van der Waals surface area (Å²) in [5.74, 6) is 1.16. The lowest BCUT2D eigenvalue weighted by Gasteiger charge is -2.27. The number of nitrogens with zero attached hydrogens (tertiary/aromatic N) is 3. The van der Waals surface area contributed by atoms with Gasteiger partial charge in [-0.25, -0.2) is 4.98 Å². The molecule has 1 amide bonds. The van der Waals surface area contributed by atoms with Crippen LogP contribution in [0.5, 0.6) is 0 Å². The van der Waals surface area contributed by atoms with Crippen LogP contribution >= 0.6 is 0 Å². The molecule has 106 valence electrons. The molecule has 2 heterocycles. The number of piperidine rings is 1. The minimum absolute atomic E-state index is 0.217. The summed E-state index contributed by atoms with van der Waals surface area (Å²) in [6.07, 6.45) is 8.30. The molecule has 0 spiro atoms. The second-order valence-corrected chi connectivity index (χ2v) is 5.09. The van der Waals surface area contributed by atoms with Gasteiger partial charge in [0.1, 0.15) is 12.4 Å². The lowest BCUT2D eigenvalue weighted by molar-refractivity contribution is -0.132. The van der Waals surface area contributed by atoms with Crippen LogP contribution in [-0.2, 0) is 17.9 Å². The van der Waals surface area contributed by atoms with Gasteiger partial charge in [-0.3, -0.25) is 4.79 Å². The fourth-order valence-electron chi connectivity index (χ4n) is 2.42. The minimum Gasteiger partial charge on any atom is -0.341 e. The van der Waals surface area contributed by atoms with Crippen LogP contribution in [0.2, 0.25) is 0 Å². The SMILES string of the molecule is CCCNCc1nccn1CC(=O)N1CCCCC1. The van der Waals surface area contributed by atoms with Gasteiger partial charge in [0.05, 0.1) is 6.54 Å². The molecule has 1 aromatic heterocycles. The molecule has 2 rings (SSSR count).